The van der Waals surface area contributed by atoms with Crippen molar-refractivity contribution in [3.63, 3.8) is 0 Å². The van der Waals surface area contributed by atoms with Gasteiger partial charge in [0.2, 0.25) is 5.91 Å². The molecule has 0 aromatic carbocycles. The third kappa shape index (κ3) is 4.76. The van der Waals surface area contributed by atoms with Crippen LogP contribution in [0, 0.1) is 18.3 Å². The van der Waals surface area contributed by atoms with Gasteiger partial charge < -0.3 is 9.73 Å². The van der Waals surface area contributed by atoms with Crippen molar-refractivity contribution in [1.82, 2.24) is 10.3 Å². The van der Waals surface area contributed by atoms with Crippen molar-refractivity contribution in [2.24, 2.45) is 0 Å². The molecule has 0 radical (unpaired) electrons. The Morgan fingerprint density at radius 3 is 2.80 bits per heavy atom. The van der Waals surface area contributed by atoms with Crippen molar-refractivity contribution in [2.75, 3.05) is 0 Å². The van der Waals surface area contributed by atoms with E-state index in [2.05, 4.69) is 10.3 Å². The van der Waals surface area contributed by atoms with E-state index in [1.165, 1.54) is 20.1 Å². The number of pyridine rings is 1. The molecule has 0 bridgehead atoms. The molecule has 1 atom stereocenters. The first kappa shape index (κ1) is 18.9. The Balaban J connectivity index is 2.16. The molecular formula is C16H14F3N3O2S. The maximum absolute atomic E-state index is 12.9. The summed E-state index contributed by atoms with van der Waals surface area (Å²) in [6, 6.07) is 6.03. The first-order valence-corrected chi connectivity index (χ1v) is 8.06. The third-order valence-electron chi connectivity index (χ3n) is 3.26. The quantitative estimate of drug-likeness (QED) is 0.814. The lowest BCUT2D eigenvalue weighted by Gasteiger charge is -2.15. The molecule has 0 saturated heterocycles. The Bertz CT molecular complexity index is 798. The van der Waals surface area contributed by atoms with Crippen molar-refractivity contribution >= 4 is 17.7 Å². The van der Waals surface area contributed by atoms with Crippen LogP contribution in [-0.4, -0.2) is 16.1 Å². The van der Waals surface area contributed by atoms with Crippen LogP contribution in [0.25, 0.3) is 0 Å². The van der Waals surface area contributed by atoms with E-state index < -0.39 is 23.0 Å². The number of aromatic nitrogens is 1. The largest absolute Gasteiger partial charge is 0.467 e. The summed E-state index contributed by atoms with van der Waals surface area (Å²) in [4.78, 5) is 15.6. The zero-order chi connectivity index (χ0) is 18.6. The van der Waals surface area contributed by atoms with Crippen LogP contribution in [0.5, 0.6) is 0 Å². The molecule has 1 amide bonds. The number of alkyl halides is 3. The summed E-state index contributed by atoms with van der Waals surface area (Å²) in [5.41, 5.74) is -0.895. The lowest BCUT2D eigenvalue weighted by molar-refractivity contribution is -0.141. The van der Waals surface area contributed by atoms with E-state index in [1.807, 2.05) is 6.07 Å². The number of aryl methyl sites for hydroxylation is 1. The first-order valence-electron chi connectivity index (χ1n) is 7.18. The molecule has 9 heteroatoms. The van der Waals surface area contributed by atoms with E-state index in [1.54, 1.807) is 12.1 Å². The van der Waals surface area contributed by atoms with Gasteiger partial charge in [-0.25, -0.2) is 4.98 Å². The molecule has 0 aliphatic heterocycles. The third-order valence-corrected chi connectivity index (χ3v) is 4.35. The second-order valence-corrected chi connectivity index (χ2v) is 6.50. The summed E-state index contributed by atoms with van der Waals surface area (Å²) in [6.07, 6.45) is -3.16. The van der Waals surface area contributed by atoms with Crippen molar-refractivity contribution in [3.8, 4) is 6.07 Å². The number of hydrogen-bond acceptors (Lipinski definition) is 5. The minimum absolute atomic E-state index is 0.0312. The Kier molecular flexibility index (Phi) is 5.74. The van der Waals surface area contributed by atoms with Gasteiger partial charge in [-0.15, -0.1) is 0 Å². The predicted molar refractivity (Wildman–Crippen MR) is 84.6 cm³/mol. The lowest BCUT2D eigenvalue weighted by atomic mass is 10.1. The topological polar surface area (TPSA) is 78.9 Å². The number of rotatable bonds is 5. The van der Waals surface area contributed by atoms with Crippen LogP contribution in [0.15, 0.2) is 33.9 Å². The molecule has 5 nitrogen and oxygen atoms in total. The van der Waals surface area contributed by atoms with Gasteiger partial charge in [0.05, 0.1) is 23.6 Å². The minimum atomic E-state index is -4.63. The van der Waals surface area contributed by atoms with E-state index >= 15 is 0 Å². The van der Waals surface area contributed by atoms with Crippen molar-refractivity contribution in [3.05, 3.63) is 47.0 Å². The first-order chi connectivity index (χ1) is 11.7. The monoisotopic (exact) mass is 369 g/mol. The average Bonchev–Trinajstić information content (AvgIpc) is 3.04. The van der Waals surface area contributed by atoms with Gasteiger partial charge in [-0.3, -0.25) is 4.79 Å². The van der Waals surface area contributed by atoms with Crippen LogP contribution in [0.3, 0.4) is 0 Å². The van der Waals surface area contributed by atoms with Gasteiger partial charge in [0, 0.05) is 0 Å². The number of nitrogens with one attached hydrogen (secondary N) is 1. The molecule has 0 aliphatic carbocycles. The zero-order valence-corrected chi connectivity index (χ0v) is 14.2. The summed E-state index contributed by atoms with van der Waals surface area (Å²) in [5, 5.41) is 10.9. The molecule has 0 spiro atoms. The van der Waals surface area contributed by atoms with Gasteiger partial charge in [-0.2, -0.15) is 18.4 Å². The van der Waals surface area contributed by atoms with Crippen LogP contribution in [0.4, 0.5) is 13.2 Å². The fourth-order valence-electron chi connectivity index (χ4n) is 1.96. The Hall–Kier alpha value is -2.47. The number of nitriles is 1. The van der Waals surface area contributed by atoms with Gasteiger partial charge in [-0.1, -0.05) is 11.8 Å². The highest BCUT2D eigenvalue weighted by Crippen LogP contribution is 2.33. The molecule has 2 heterocycles. The Morgan fingerprint density at radius 1 is 1.52 bits per heavy atom. The predicted octanol–water partition coefficient (Wildman–Crippen LogP) is 3.67. The Morgan fingerprint density at radius 2 is 2.24 bits per heavy atom. The smallest absolute Gasteiger partial charge is 0.433 e. The average molecular weight is 369 g/mol. The number of halogens is 3. The molecule has 25 heavy (non-hydrogen) atoms. The maximum atomic E-state index is 12.9. The van der Waals surface area contributed by atoms with Crippen molar-refractivity contribution in [1.29, 1.82) is 5.26 Å². The van der Waals surface area contributed by atoms with Crippen molar-refractivity contribution in [2.45, 2.75) is 36.8 Å². The summed E-state index contributed by atoms with van der Waals surface area (Å²) in [6.45, 7) is 3.10. The number of furan rings is 1. The fraction of sp³-hybridized carbons (Fsp3) is 0.312. The van der Waals surface area contributed by atoms with Gasteiger partial charge in [0.1, 0.15) is 22.5 Å². The molecule has 132 valence electrons. The second-order valence-electron chi connectivity index (χ2n) is 5.17. The van der Waals surface area contributed by atoms with Crippen LogP contribution >= 0.6 is 11.8 Å². The van der Waals surface area contributed by atoms with Crippen LogP contribution in [-0.2, 0) is 17.5 Å². The molecule has 0 unspecified atom stereocenters. The zero-order valence-electron chi connectivity index (χ0n) is 13.3. The minimum Gasteiger partial charge on any atom is -0.467 e. The Labute approximate surface area is 146 Å². The van der Waals surface area contributed by atoms with Gasteiger partial charge in [0.25, 0.3) is 0 Å². The second kappa shape index (κ2) is 7.61. The molecule has 2 aromatic heterocycles. The standard InChI is InChI=1S/C16H14F3N3O2S/c1-9-6-13(16(17,18)19)22-15(12(9)7-20)25-10(2)14(23)21-8-11-4-3-5-24-11/h3-6,10H,8H2,1-2H3,(H,21,23)/t10-/m1/s1. The van der Waals surface area contributed by atoms with Gasteiger partial charge in [0.15, 0.2) is 0 Å². The summed E-state index contributed by atoms with van der Waals surface area (Å²) >= 11 is 0.808. The maximum Gasteiger partial charge on any atom is 0.433 e. The summed E-state index contributed by atoms with van der Waals surface area (Å²) < 4.78 is 43.8. The fourth-order valence-corrected chi connectivity index (χ4v) is 2.96. The highest BCUT2D eigenvalue weighted by Gasteiger charge is 2.34. The van der Waals surface area contributed by atoms with Gasteiger partial charge >= 0.3 is 6.18 Å². The van der Waals surface area contributed by atoms with Crippen LogP contribution < -0.4 is 5.32 Å². The molecule has 0 fully saturated rings. The lowest BCUT2D eigenvalue weighted by Crippen LogP contribution is -2.30. The van der Waals surface area contributed by atoms with E-state index in [4.69, 9.17) is 4.42 Å². The number of amides is 1. The van der Waals surface area contributed by atoms with Crippen LogP contribution in [0.1, 0.15) is 29.5 Å². The highest BCUT2D eigenvalue weighted by molar-refractivity contribution is 8.00. The number of carbonyl (C=O) groups excluding carboxylic acids is 1. The number of thioether (sulfide) groups is 1. The normalized spacial score (nSPS) is 12.5. The van der Waals surface area contributed by atoms with E-state index in [9.17, 15) is 23.2 Å². The molecule has 1 N–H and O–H groups in total. The van der Waals surface area contributed by atoms with Gasteiger partial charge in [-0.05, 0) is 37.6 Å². The molecule has 2 rings (SSSR count). The number of nitrogens with zero attached hydrogens (tertiary/aromatic N) is 2. The van der Waals surface area contributed by atoms with Crippen molar-refractivity contribution < 1.29 is 22.4 Å². The summed E-state index contributed by atoms with van der Waals surface area (Å²) in [5.74, 6) is 0.151. The molecule has 0 aliphatic rings. The molecule has 0 saturated carbocycles. The van der Waals surface area contributed by atoms with Crippen LogP contribution in [0.2, 0.25) is 0 Å². The SMILES string of the molecule is Cc1cc(C(F)(F)F)nc(S[C@H](C)C(=O)NCc2ccco2)c1C#N. The highest BCUT2D eigenvalue weighted by atomic mass is 32.2. The molecule has 2 aromatic rings. The molecular weight excluding hydrogens is 355 g/mol. The number of carbonyl (C=O) groups is 1. The number of hydrogen-bond donors (Lipinski definition) is 1. The van der Waals surface area contributed by atoms with E-state index in [-0.39, 0.29) is 22.7 Å². The van der Waals surface area contributed by atoms with E-state index in [0.29, 0.717) is 5.76 Å². The summed E-state index contributed by atoms with van der Waals surface area (Å²) in [7, 11) is 0. The van der Waals surface area contributed by atoms with E-state index in [0.717, 1.165) is 17.8 Å².